The minimum atomic E-state index is 0.752. The Labute approximate surface area is 156 Å². The van der Waals surface area contributed by atoms with E-state index in [4.69, 9.17) is 9.72 Å². The van der Waals surface area contributed by atoms with Crippen LogP contribution in [0.2, 0.25) is 0 Å². The highest BCUT2D eigenvalue weighted by Crippen LogP contribution is 2.24. The smallest absolute Gasteiger partial charge is 0.213 e. The van der Waals surface area contributed by atoms with E-state index < -0.39 is 0 Å². The van der Waals surface area contributed by atoms with Gasteiger partial charge in [0.1, 0.15) is 5.82 Å². The van der Waals surface area contributed by atoms with Gasteiger partial charge in [0, 0.05) is 38.3 Å². The molecule has 2 aliphatic heterocycles. The van der Waals surface area contributed by atoms with Crippen LogP contribution in [0.1, 0.15) is 36.1 Å². The molecule has 4 heterocycles. The first-order chi connectivity index (χ1) is 12.8. The van der Waals surface area contributed by atoms with Crippen LogP contribution in [-0.4, -0.2) is 47.7 Å². The van der Waals surface area contributed by atoms with Crippen molar-refractivity contribution in [2.24, 2.45) is 0 Å². The van der Waals surface area contributed by atoms with Gasteiger partial charge in [0.2, 0.25) is 5.88 Å². The van der Waals surface area contributed by atoms with Crippen LogP contribution in [0.5, 0.6) is 5.88 Å². The lowest BCUT2D eigenvalue weighted by Crippen LogP contribution is -2.31. The molecule has 2 aliphatic rings. The van der Waals surface area contributed by atoms with Gasteiger partial charge in [-0.15, -0.1) is 0 Å². The van der Waals surface area contributed by atoms with Crippen LogP contribution >= 0.6 is 0 Å². The predicted octanol–water partition coefficient (Wildman–Crippen LogP) is 3.21. The molecule has 2 aromatic rings. The Morgan fingerprint density at radius 1 is 1.12 bits per heavy atom. The molecule has 0 N–H and O–H groups in total. The van der Waals surface area contributed by atoms with Gasteiger partial charge in [-0.3, -0.25) is 0 Å². The molecule has 0 radical (unpaired) electrons. The van der Waals surface area contributed by atoms with Gasteiger partial charge in [-0.05, 0) is 62.5 Å². The van der Waals surface area contributed by atoms with E-state index in [0.29, 0.717) is 0 Å². The average Bonchev–Trinajstić information content (AvgIpc) is 3.18. The third-order valence-corrected chi connectivity index (χ3v) is 5.31. The Morgan fingerprint density at radius 3 is 2.85 bits per heavy atom. The second-order valence-electron chi connectivity index (χ2n) is 7.37. The zero-order valence-electron chi connectivity index (χ0n) is 15.7. The molecule has 0 aliphatic carbocycles. The highest BCUT2D eigenvalue weighted by Gasteiger charge is 2.19. The SMILES string of the molecule is Cc1ccnc(N2CCc3nc(OCCCN4CCCC4)ccc3C2)c1. The van der Waals surface area contributed by atoms with E-state index in [1.165, 1.54) is 42.8 Å². The first kappa shape index (κ1) is 17.3. The van der Waals surface area contributed by atoms with Gasteiger partial charge in [-0.2, -0.15) is 0 Å². The van der Waals surface area contributed by atoms with Crippen LogP contribution < -0.4 is 9.64 Å². The Kier molecular flexibility index (Phi) is 5.34. The van der Waals surface area contributed by atoms with Crippen molar-refractivity contribution in [3.63, 3.8) is 0 Å². The summed E-state index contributed by atoms with van der Waals surface area (Å²) in [6.07, 6.45) is 6.60. The molecule has 0 atom stereocenters. The quantitative estimate of drug-likeness (QED) is 0.747. The largest absolute Gasteiger partial charge is 0.478 e. The molecule has 1 fully saturated rings. The zero-order valence-corrected chi connectivity index (χ0v) is 15.7. The molecule has 4 rings (SSSR count). The van der Waals surface area contributed by atoms with Crippen LogP contribution in [0.25, 0.3) is 0 Å². The molecule has 138 valence electrons. The minimum Gasteiger partial charge on any atom is -0.478 e. The topological polar surface area (TPSA) is 41.5 Å². The average molecular weight is 352 g/mol. The van der Waals surface area contributed by atoms with Gasteiger partial charge in [0.25, 0.3) is 0 Å². The van der Waals surface area contributed by atoms with Gasteiger partial charge in [-0.1, -0.05) is 6.07 Å². The highest BCUT2D eigenvalue weighted by atomic mass is 16.5. The number of nitrogens with zero attached hydrogens (tertiary/aromatic N) is 4. The number of hydrogen-bond donors (Lipinski definition) is 0. The van der Waals surface area contributed by atoms with Gasteiger partial charge < -0.3 is 14.5 Å². The monoisotopic (exact) mass is 352 g/mol. The predicted molar refractivity (Wildman–Crippen MR) is 104 cm³/mol. The molecule has 0 saturated carbocycles. The summed E-state index contributed by atoms with van der Waals surface area (Å²) in [6, 6.07) is 8.37. The van der Waals surface area contributed by atoms with Gasteiger partial charge in [-0.25, -0.2) is 9.97 Å². The van der Waals surface area contributed by atoms with E-state index in [-0.39, 0.29) is 0 Å². The van der Waals surface area contributed by atoms with Crippen molar-refractivity contribution in [1.82, 2.24) is 14.9 Å². The van der Waals surface area contributed by atoms with Crippen molar-refractivity contribution in [2.75, 3.05) is 37.7 Å². The fourth-order valence-electron chi connectivity index (χ4n) is 3.84. The van der Waals surface area contributed by atoms with Gasteiger partial charge in [0.15, 0.2) is 0 Å². The van der Waals surface area contributed by atoms with Gasteiger partial charge in [0.05, 0.1) is 12.3 Å². The molecule has 2 aromatic heterocycles. The number of aromatic nitrogens is 2. The number of fused-ring (bicyclic) bond motifs is 1. The fraction of sp³-hybridized carbons (Fsp3) is 0.524. The third kappa shape index (κ3) is 4.15. The van der Waals surface area contributed by atoms with E-state index in [0.717, 1.165) is 50.8 Å². The number of aryl methyl sites for hydroxylation is 1. The van der Waals surface area contributed by atoms with Crippen molar-refractivity contribution < 1.29 is 4.74 Å². The molecule has 0 bridgehead atoms. The van der Waals surface area contributed by atoms with E-state index in [1.807, 2.05) is 18.3 Å². The summed E-state index contributed by atoms with van der Waals surface area (Å²) < 4.78 is 5.90. The van der Waals surface area contributed by atoms with Crippen LogP contribution in [0.15, 0.2) is 30.5 Å². The number of ether oxygens (including phenoxy) is 1. The van der Waals surface area contributed by atoms with Crippen LogP contribution in [0, 0.1) is 6.92 Å². The normalized spacial score (nSPS) is 17.3. The lowest BCUT2D eigenvalue weighted by Gasteiger charge is -2.29. The van der Waals surface area contributed by atoms with Crippen LogP contribution in [0.4, 0.5) is 5.82 Å². The highest BCUT2D eigenvalue weighted by molar-refractivity contribution is 5.44. The molecule has 5 nitrogen and oxygen atoms in total. The molecular formula is C21H28N4O. The summed E-state index contributed by atoms with van der Waals surface area (Å²) in [7, 11) is 0. The number of anilines is 1. The standard InChI is InChI=1S/C21H28N4O/c1-17-7-9-22-20(15-17)25-13-8-19-18(16-25)5-6-21(23-19)26-14-4-12-24-10-2-3-11-24/h5-7,9,15H,2-4,8,10-14,16H2,1H3. The molecule has 0 unspecified atom stereocenters. The molecule has 0 spiro atoms. The molecule has 1 saturated heterocycles. The van der Waals surface area contributed by atoms with Crippen molar-refractivity contribution in [2.45, 2.75) is 39.2 Å². The number of hydrogen-bond acceptors (Lipinski definition) is 5. The van der Waals surface area contributed by atoms with E-state index in [9.17, 15) is 0 Å². The van der Waals surface area contributed by atoms with Crippen molar-refractivity contribution in [1.29, 1.82) is 0 Å². The maximum Gasteiger partial charge on any atom is 0.213 e. The Hall–Kier alpha value is -2.14. The summed E-state index contributed by atoms with van der Waals surface area (Å²) in [5.74, 6) is 1.82. The second-order valence-corrected chi connectivity index (χ2v) is 7.37. The van der Waals surface area contributed by atoms with Crippen LogP contribution in [-0.2, 0) is 13.0 Å². The van der Waals surface area contributed by atoms with Crippen molar-refractivity contribution >= 4 is 5.82 Å². The van der Waals surface area contributed by atoms with Crippen molar-refractivity contribution in [3.8, 4) is 5.88 Å². The lowest BCUT2D eigenvalue weighted by atomic mass is 10.1. The molecule has 26 heavy (non-hydrogen) atoms. The summed E-state index contributed by atoms with van der Waals surface area (Å²) in [6.45, 7) is 8.33. The van der Waals surface area contributed by atoms with E-state index in [1.54, 1.807) is 0 Å². The lowest BCUT2D eigenvalue weighted by molar-refractivity contribution is 0.256. The molecule has 0 aromatic carbocycles. The maximum absolute atomic E-state index is 5.90. The first-order valence-electron chi connectivity index (χ1n) is 9.79. The summed E-state index contributed by atoms with van der Waals surface area (Å²) >= 11 is 0. The number of pyridine rings is 2. The van der Waals surface area contributed by atoms with Crippen molar-refractivity contribution in [3.05, 3.63) is 47.3 Å². The summed E-state index contributed by atoms with van der Waals surface area (Å²) in [4.78, 5) is 14.1. The molecular weight excluding hydrogens is 324 g/mol. The molecule has 0 amide bonds. The number of likely N-dealkylation sites (tertiary alicyclic amines) is 1. The first-order valence-corrected chi connectivity index (χ1v) is 9.79. The summed E-state index contributed by atoms with van der Waals surface area (Å²) in [5, 5.41) is 0. The fourth-order valence-corrected chi connectivity index (χ4v) is 3.84. The Balaban J connectivity index is 1.31. The Bertz CT molecular complexity index is 743. The third-order valence-electron chi connectivity index (χ3n) is 5.31. The zero-order chi connectivity index (χ0) is 17.8. The maximum atomic E-state index is 5.90. The minimum absolute atomic E-state index is 0.752. The summed E-state index contributed by atoms with van der Waals surface area (Å²) in [5.41, 5.74) is 3.70. The van der Waals surface area contributed by atoms with E-state index in [2.05, 4.69) is 33.8 Å². The Morgan fingerprint density at radius 2 is 2.00 bits per heavy atom. The molecule has 5 heteroatoms. The van der Waals surface area contributed by atoms with Crippen LogP contribution in [0.3, 0.4) is 0 Å². The number of rotatable bonds is 6. The van der Waals surface area contributed by atoms with E-state index >= 15 is 0 Å². The second kappa shape index (κ2) is 8.04. The van der Waals surface area contributed by atoms with Gasteiger partial charge >= 0.3 is 0 Å².